The van der Waals surface area contributed by atoms with E-state index in [0.29, 0.717) is 18.8 Å². The Morgan fingerprint density at radius 2 is 2.04 bits per heavy atom. The molecule has 2 fully saturated rings. The van der Waals surface area contributed by atoms with E-state index in [1.165, 1.54) is 0 Å². The van der Waals surface area contributed by atoms with Crippen LogP contribution in [-0.4, -0.2) is 53.2 Å². The van der Waals surface area contributed by atoms with Crippen molar-refractivity contribution in [2.45, 2.75) is 37.8 Å². The van der Waals surface area contributed by atoms with Crippen molar-refractivity contribution >= 4 is 5.91 Å². The number of benzene rings is 1. The topological polar surface area (TPSA) is 84.5 Å². The van der Waals surface area contributed by atoms with Crippen LogP contribution in [0.25, 0.3) is 11.3 Å². The largest absolute Gasteiger partial charge is 0.497 e. The zero-order valence-corrected chi connectivity index (χ0v) is 15.3. The number of aromatic nitrogens is 2. The van der Waals surface area contributed by atoms with Gasteiger partial charge in [-0.25, -0.2) is 4.79 Å². The average Bonchev–Trinajstić information content (AvgIpc) is 2.72. The molecule has 0 radical (unpaired) electrons. The number of methoxy groups -OCH3 is 1. The van der Waals surface area contributed by atoms with Crippen molar-refractivity contribution in [3.05, 3.63) is 46.5 Å². The number of H-pyrrole nitrogens is 1. The molecule has 1 N–H and O–H groups in total. The summed E-state index contributed by atoms with van der Waals surface area (Å²) in [6.07, 6.45) is 4.26. The Labute approximate surface area is 157 Å². The van der Waals surface area contributed by atoms with E-state index in [9.17, 15) is 9.59 Å². The Morgan fingerprint density at radius 1 is 1.26 bits per heavy atom. The predicted octanol–water partition coefficient (Wildman–Crippen LogP) is 2.23. The summed E-state index contributed by atoms with van der Waals surface area (Å²) in [5.41, 5.74) is 0.971. The molecule has 1 aliphatic carbocycles. The van der Waals surface area contributed by atoms with E-state index in [-0.39, 0.29) is 23.7 Å². The molecule has 0 spiro atoms. The molecular formula is C20H23N3O4. The van der Waals surface area contributed by atoms with Gasteiger partial charge in [0.25, 0.3) is 5.91 Å². The minimum Gasteiger partial charge on any atom is -0.497 e. The Balaban J connectivity index is 1.63. The second-order valence-electron chi connectivity index (χ2n) is 6.97. The first kappa shape index (κ1) is 17.7. The van der Waals surface area contributed by atoms with E-state index in [0.717, 1.165) is 37.0 Å². The molecule has 0 bridgehead atoms. The SMILES string of the molecule is COc1ccc(-c2cc(C(=O)N3CCOC4CCCCC43)[nH]c(=O)n2)cc1. The van der Waals surface area contributed by atoms with Gasteiger partial charge in [-0.05, 0) is 43.2 Å². The molecular weight excluding hydrogens is 346 g/mol. The van der Waals surface area contributed by atoms with Crippen LogP contribution < -0.4 is 10.4 Å². The summed E-state index contributed by atoms with van der Waals surface area (Å²) < 4.78 is 11.0. The normalized spacial score (nSPS) is 22.2. The first-order valence-corrected chi connectivity index (χ1v) is 9.34. The highest BCUT2D eigenvalue weighted by Crippen LogP contribution is 2.29. The second-order valence-corrected chi connectivity index (χ2v) is 6.97. The van der Waals surface area contributed by atoms with E-state index >= 15 is 0 Å². The lowest BCUT2D eigenvalue weighted by Gasteiger charge is -2.43. The molecule has 2 aliphatic rings. The van der Waals surface area contributed by atoms with Gasteiger partial charge in [-0.2, -0.15) is 4.98 Å². The smallest absolute Gasteiger partial charge is 0.346 e. The van der Waals surface area contributed by atoms with Crippen molar-refractivity contribution in [3.63, 3.8) is 0 Å². The molecule has 7 nitrogen and oxygen atoms in total. The van der Waals surface area contributed by atoms with Gasteiger partial charge in [-0.15, -0.1) is 0 Å². The van der Waals surface area contributed by atoms with E-state index < -0.39 is 5.69 Å². The molecule has 2 unspecified atom stereocenters. The number of nitrogens with one attached hydrogen (secondary N) is 1. The maximum Gasteiger partial charge on any atom is 0.346 e. The molecule has 1 aliphatic heterocycles. The van der Waals surface area contributed by atoms with Crippen LogP contribution in [0, 0.1) is 0 Å². The fourth-order valence-electron chi connectivity index (χ4n) is 3.99. The van der Waals surface area contributed by atoms with Crippen LogP contribution in [0.15, 0.2) is 35.1 Å². The van der Waals surface area contributed by atoms with Crippen molar-refractivity contribution in [1.29, 1.82) is 0 Å². The fourth-order valence-corrected chi connectivity index (χ4v) is 3.99. The summed E-state index contributed by atoms with van der Waals surface area (Å²) in [4.78, 5) is 33.7. The van der Waals surface area contributed by atoms with Gasteiger partial charge in [0.15, 0.2) is 0 Å². The van der Waals surface area contributed by atoms with Gasteiger partial charge in [0.1, 0.15) is 11.4 Å². The van der Waals surface area contributed by atoms with E-state index in [2.05, 4.69) is 9.97 Å². The van der Waals surface area contributed by atoms with Gasteiger partial charge in [0.05, 0.1) is 31.6 Å². The molecule has 1 saturated carbocycles. The predicted molar refractivity (Wildman–Crippen MR) is 99.9 cm³/mol. The van der Waals surface area contributed by atoms with Gasteiger partial charge >= 0.3 is 5.69 Å². The summed E-state index contributed by atoms with van der Waals surface area (Å²) in [5, 5.41) is 0. The van der Waals surface area contributed by atoms with Crippen molar-refractivity contribution in [1.82, 2.24) is 14.9 Å². The zero-order valence-electron chi connectivity index (χ0n) is 15.3. The van der Waals surface area contributed by atoms with Crippen LogP contribution in [0.2, 0.25) is 0 Å². The Bertz CT molecular complexity index is 876. The number of morpholine rings is 1. The van der Waals surface area contributed by atoms with E-state index in [1.807, 2.05) is 17.0 Å². The molecule has 2 heterocycles. The summed E-state index contributed by atoms with van der Waals surface area (Å²) >= 11 is 0. The number of hydrogen-bond acceptors (Lipinski definition) is 5. The molecule has 1 saturated heterocycles. The third-order valence-electron chi connectivity index (χ3n) is 5.35. The summed E-state index contributed by atoms with van der Waals surface area (Å²) in [6.45, 7) is 1.08. The first-order valence-electron chi connectivity index (χ1n) is 9.34. The van der Waals surface area contributed by atoms with Crippen LogP contribution in [0.3, 0.4) is 0 Å². The van der Waals surface area contributed by atoms with Crippen LogP contribution in [0.1, 0.15) is 36.2 Å². The van der Waals surface area contributed by atoms with E-state index in [1.54, 1.807) is 25.3 Å². The van der Waals surface area contributed by atoms with Gasteiger partial charge in [0, 0.05) is 12.1 Å². The third-order valence-corrected chi connectivity index (χ3v) is 5.35. The molecule has 2 aromatic rings. The number of aromatic amines is 1. The fraction of sp³-hybridized carbons (Fsp3) is 0.450. The molecule has 27 heavy (non-hydrogen) atoms. The highest BCUT2D eigenvalue weighted by atomic mass is 16.5. The Kier molecular flexibility index (Phi) is 4.94. The first-order chi connectivity index (χ1) is 13.2. The number of fused-ring (bicyclic) bond motifs is 1. The Morgan fingerprint density at radius 3 is 2.81 bits per heavy atom. The zero-order chi connectivity index (χ0) is 18.8. The van der Waals surface area contributed by atoms with Crippen LogP contribution in [-0.2, 0) is 4.74 Å². The van der Waals surface area contributed by atoms with Crippen molar-refractivity contribution in [2.24, 2.45) is 0 Å². The van der Waals surface area contributed by atoms with Gasteiger partial charge < -0.3 is 19.4 Å². The van der Waals surface area contributed by atoms with Gasteiger partial charge in [0.2, 0.25) is 0 Å². The quantitative estimate of drug-likeness (QED) is 0.897. The maximum atomic E-state index is 13.1. The molecule has 1 amide bonds. The van der Waals surface area contributed by atoms with Crippen LogP contribution >= 0.6 is 0 Å². The van der Waals surface area contributed by atoms with Crippen molar-refractivity contribution < 1.29 is 14.3 Å². The van der Waals surface area contributed by atoms with Gasteiger partial charge in [-0.1, -0.05) is 12.8 Å². The summed E-state index contributed by atoms with van der Waals surface area (Å²) in [6, 6.07) is 8.98. The number of rotatable bonds is 3. The molecule has 1 aromatic carbocycles. The minimum absolute atomic E-state index is 0.0844. The number of carbonyl (C=O) groups is 1. The third kappa shape index (κ3) is 3.60. The second kappa shape index (κ2) is 7.52. The lowest BCUT2D eigenvalue weighted by Crippen LogP contribution is -2.55. The average molecular weight is 369 g/mol. The maximum absolute atomic E-state index is 13.1. The summed E-state index contributed by atoms with van der Waals surface area (Å²) in [7, 11) is 1.60. The highest BCUT2D eigenvalue weighted by molar-refractivity contribution is 5.93. The monoisotopic (exact) mass is 369 g/mol. The lowest BCUT2D eigenvalue weighted by molar-refractivity contribution is -0.0754. The molecule has 142 valence electrons. The lowest BCUT2D eigenvalue weighted by atomic mass is 9.90. The number of carbonyl (C=O) groups excluding carboxylic acids is 1. The van der Waals surface area contributed by atoms with Crippen molar-refractivity contribution in [2.75, 3.05) is 20.3 Å². The summed E-state index contributed by atoms with van der Waals surface area (Å²) in [5.74, 6) is 0.556. The van der Waals surface area contributed by atoms with Gasteiger partial charge in [-0.3, -0.25) is 4.79 Å². The van der Waals surface area contributed by atoms with E-state index in [4.69, 9.17) is 9.47 Å². The molecule has 7 heteroatoms. The Hall–Kier alpha value is -2.67. The standard InChI is InChI=1S/C20H23N3O4/c1-26-14-8-6-13(7-9-14)15-12-16(22-20(25)21-15)19(24)23-10-11-27-18-5-3-2-4-17(18)23/h6-9,12,17-18H,2-5,10-11H2,1H3,(H,21,22,25). The van der Waals surface area contributed by atoms with Crippen molar-refractivity contribution in [3.8, 4) is 17.0 Å². The molecule has 2 atom stereocenters. The number of hydrogen-bond donors (Lipinski definition) is 1. The highest BCUT2D eigenvalue weighted by Gasteiger charge is 2.37. The number of ether oxygens (including phenoxy) is 2. The number of nitrogens with zero attached hydrogens (tertiary/aromatic N) is 2. The van der Waals surface area contributed by atoms with Crippen LogP contribution in [0.5, 0.6) is 5.75 Å². The minimum atomic E-state index is -0.528. The number of amides is 1. The molecule has 4 rings (SSSR count). The van der Waals surface area contributed by atoms with Crippen LogP contribution in [0.4, 0.5) is 0 Å². The molecule has 1 aromatic heterocycles.